The predicted octanol–water partition coefficient (Wildman–Crippen LogP) is 4.92. The summed E-state index contributed by atoms with van der Waals surface area (Å²) in [6, 6.07) is 4.56. The molecule has 0 unspecified atom stereocenters. The first-order valence-electron chi connectivity index (χ1n) is 8.53. The number of halogens is 3. The molecule has 0 saturated heterocycles. The maximum Gasteiger partial charge on any atom is 0.416 e. The van der Waals surface area contributed by atoms with Crippen LogP contribution in [0.15, 0.2) is 30.3 Å². The molecule has 0 aliphatic heterocycles. The lowest BCUT2D eigenvalue weighted by Crippen LogP contribution is -2.08. The molecule has 29 heavy (non-hydrogen) atoms. The van der Waals surface area contributed by atoms with Gasteiger partial charge in [-0.25, -0.2) is 0 Å². The van der Waals surface area contributed by atoms with Crippen LogP contribution in [0.3, 0.4) is 0 Å². The highest BCUT2D eigenvalue weighted by Gasteiger charge is 2.30. The lowest BCUT2D eigenvalue weighted by molar-refractivity contribution is -0.137. The summed E-state index contributed by atoms with van der Waals surface area (Å²) in [6.45, 7) is 3.16. The lowest BCUT2D eigenvalue weighted by atomic mass is 9.98. The summed E-state index contributed by atoms with van der Waals surface area (Å²) >= 11 is 0. The van der Waals surface area contributed by atoms with Crippen LogP contribution in [0.4, 0.5) is 13.2 Å². The molecule has 0 saturated carbocycles. The van der Waals surface area contributed by atoms with Crippen molar-refractivity contribution in [3.8, 4) is 17.2 Å². The third-order valence-corrected chi connectivity index (χ3v) is 4.25. The minimum absolute atomic E-state index is 0.0625. The van der Waals surface area contributed by atoms with Crippen LogP contribution in [0.2, 0.25) is 0 Å². The fourth-order valence-corrected chi connectivity index (χ4v) is 2.87. The van der Waals surface area contributed by atoms with Gasteiger partial charge in [0.25, 0.3) is 0 Å². The number of ketones is 1. The van der Waals surface area contributed by atoms with E-state index in [0.717, 1.165) is 18.2 Å². The topological polar surface area (TPSA) is 65.0 Å². The van der Waals surface area contributed by atoms with Crippen LogP contribution in [-0.4, -0.2) is 31.9 Å². The Balaban J connectivity index is 2.44. The molecule has 2 rings (SSSR count). The maximum atomic E-state index is 12.8. The van der Waals surface area contributed by atoms with E-state index in [0.29, 0.717) is 16.9 Å². The van der Waals surface area contributed by atoms with Gasteiger partial charge in [0.05, 0.1) is 12.7 Å². The van der Waals surface area contributed by atoms with Crippen molar-refractivity contribution in [3.05, 3.63) is 58.2 Å². The van der Waals surface area contributed by atoms with Crippen LogP contribution in [-0.2, 0) is 10.9 Å². The van der Waals surface area contributed by atoms with E-state index in [4.69, 9.17) is 14.2 Å². The second kappa shape index (κ2) is 9.00. The average Bonchev–Trinajstić information content (AvgIpc) is 2.68. The van der Waals surface area contributed by atoms with E-state index >= 15 is 0 Å². The second-order valence-electron chi connectivity index (χ2n) is 6.21. The summed E-state index contributed by atoms with van der Waals surface area (Å²) < 4.78 is 54.1. The van der Waals surface area contributed by atoms with Crippen LogP contribution in [0, 0.1) is 13.8 Å². The quantitative estimate of drug-likeness (QED) is 0.399. The summed E-state index contributed by atoms with van der Waals surface area (Å²) in [5.41, 5.74) is 0.0707. The number of benzene rings is 2. The van der Waals surface area contributed by atoms with Crippen LogP contribution < -0.4 is 9.47 Å². The van der Waals surface area contributed by atoms with Gasteiger partial charge in [-0.3, -0.25) is 4.79 Å². The number of allylic oxidation sites excluding steroid dienone is 1. The largest absolute Gasteiger partial charge is 0.507 e. The van der Waals surface area contributed by atoms with Crippen molar-refractivity contribution < 1.29 is 37.3 Å². The molecule has 156 valence electrons. The van der Waals surface area contributed by atoms with Crippen LogP contribution in [0.1, 0.15) is 32.6 Å². The lowest BCUT2D eigenvalue weighted by Gasteiger charge is -2.19. The van der Waals surface area contributed by atoms with Crippen LogP contribution in [0.5, 0.6) is 17.2 Å². The van der Waals surface area contributed by atoms with Gasteiger partial charge < -0.3 is 19.3 Å². The van der Waals surface area contributed by atoms with Gasteiger partial charge in [-0.05, 0) is 37.6 Å². The zero-order chi connectivity index (χ0) is 21.8. The summed E-state index contributed by atoms with van der Waals surface area (Å²) in [5.74, 6) is -0.531. The molecule has 0 aliphatic carbocycles. The summed E-state index contributed by atoms with van der Waals surface area (Å²) in [5, 5.41) is 10.5. The van der Waals surface area contributed by atoms with E-state index in [-0.39, 0.29) is 29.4 Å². The molecule has 5 nitrogen and oxygen atoms in total. The molecule has 1 N–H and O–H groups in total. The summed E-state index contributed by atoms with van der Waals surface area (Å²) in [4.78, 5) is 12.7. The number of phenolic OH excluding ortho intramolecular Hbond substituents is 1. The molecule has 2 aromatic carbocycles. The van der Waals surface area contributed by atoms with E-state index in [1.807, 2.05) is 0 Å². The highest BCUT2D eigenvalue weighted by Crippen LogP contribution is 2.42. The highest BCUT2D eigenvalue weighted by atomic mass is 19.4. The molecule has 2 aromatic rings. The van der Waals surface area contributed by atoms with Gasteiger partial charge in [0, 0.05) is 18.2 Å². The SMILES string of the molecule is COCOc1c(C)c(O)c(C(=O)C=Cc2cccc(C(F)(F)F)c2)c(OC)c1C. The van der Waals surface area contributed by atoms with E-state index in [2.05, 4.69) is 0 Å². The molecular weight excluding hydrogens is 389 g/mol. The van der Waals surface area contributed by atoms with Gasteiger partial charge in [-0.15, -0.1) is 0 Å². The van der Waals surface area contributed by atoms with Gasteiger partial charge >= 0.3 is 6.18 Å². The Kier molecular flexibility index (Phi) is 6.92. The monoisotopic (exact) mass is 410 g/mol. The molecule has 0 heterocycles. The first-order chi connectivity index (χ1) is 13.6. The maximum absolute atomic E-state index is 12.8. The number of aromatic hydroxyl groups is 1. The molecular formula is C21H21F3O5. The molecule has 0 aliphatic rings. The van der Waals surface area contributed by atoms with Crippen molar-refractivity contribution in [1.29, 1.82) is 0 Å². The molecule has 0 radical (unpaired) electrons. The predicted molar refractivity (Wildman–Crippen MR) is 101 cm³/mol. The third kappa shape index (κ3) is 4.89. The van der Waals surface area contributed by atoms with Gasteiger partial charge in [-0.2, -0.15) is 13.2 Å². The number of phenols is 1. The minimum Gasteiger partial charge on any atom is -0.507 e. The number of methoxy groups -OCH3 is 2. The Bertz CT molecular complexity index is 933. The molecule has 0 amide bonds. The standard InChI is InChI=1S/C21H21F3O5/c1-12-18(26)17(20(28-4)13(2)19(12)29-11-27-3)16(25)9-8-14-6-5-7-15(10-14)21(22,23)24/h5-10,26H,11H2,1-4H3. The Hall–Kier alpha value is -3.00. The van der Waals surface area contributed by atoms with Crippen LogP contribution in [0.25, 0.3) is 6.08 Å². The van der Waals surface area contributed by atoms with E-state index in [1.54, 1.807) is 13.8 Å². The number of carbonyl (C=O) groups is 1. The molecule has 8 heteroatoms. The van der Waals surface area contributed by atoms with Crippen molar-refractivity contribution in [2.24, 2.45) is 0 Å². The Morgan fingerprint density at radius 1 is 1.14 bits per heavy atom. The van der Waals surface area contributed by atoms with E-state index in [1.165, 1.54) is 32.4 Å². The van der Waals surface area contributed by atoms with Gasteiger partial charge in [0.15, 0.2) is 12.6 Å². The first kappa shape index (κ1) is 22.3. The Morgan fingerprint density at radius 2 is 1.83 bits per heavy atom. The molecule has 0 spiro atoms. The molecule has 0 bridgehead atoms. The van der Waals surface area contributed by atoms with Gasteiger partial charge in [-0.1, -0.05) is 18.2 Å². The Morgan fingerprint density at radius 3 is 2.41 bits per heavy atom. The fraction of sp³-hybridized carbons (Fsp3) is 0.286. The van der Waals surface area contributed by atoms with Crippen molar-refractivity contribution in [2.75, 3.05) is 21.0 Å². The van der Waals surface area contributed by atoms with Crippen molar-refractivity contribution >= 4 is 11.9 Å². The normalized spacial score (nSPS) is 11.7. The number of carbonyl (C=O) groups excluding carboxylic acids is 1. The van der Waals surface area contributed by atoms with Gasteiger partial charge in [0.1, 0.15) is 22.8 Å². The number of hydrogen-bond acceptors (Lipinski definition) is 5. The number of ether oxygens (including phenoxy) is 3. The van der Waals surface area contributed by atoms with Gasteiger partial charge in [0.2, 0.25) is 0 Å². The average molecular weight is 410 g/mol. The summed E-state index contributed by atoms with van der Waals surface area (Å²) in [6.07, 6.45) is -2.15. The number of alkyl halides is 3. The Labute approximate surface area is 166 Å². The first-order valence-corrected chi connectivity index (χ1v) is 8.53. The van der Waals surface area contributed by atoms with E-state index in [9.17, 15) is 23.1 Å². The smallest absolute Gasteiger partial charge is 0.416 e. The van der Waals surface area contributed by atoms with Crippen molar-refractivity contribution in [1.82, 2.24) is 0 Å². The zero-order valence-electron chi connectivity index (χ0n) is 16.4. The summed E-state index contributed by atoms with van der Waals surface area (Å²) in [7, 11) is 2.78. The zero-order valence-corrected chi connectivity index (χ0v) is 16.4. The second-order valence-corrected chi connectivity index (χ2v) is 6.21. The number of rotatable bonds is 7. The molecule has 0 fully saturated rings. The minimum atomic E-state index is -4.48. The van der Waals surface area contributed by atoms with Crippen molar-refractivity contribution in [2.45, 2.75) is 20.0 Å². The van der Waals surface area contributed by atoms with Crippen LogP contribution >= 0.6 is 0 Å². The third-order valence-electron chi connectivity index (χ3n) is 4.25. The highest BCUT2D eigenvalue weighted by molar-refractivity contribution is 6.11. The van der Waals surface area contributed by atoms with Crippen molar-refractivity contribution in [3.63, 3.8) is 0 Å². The number of hydrogen-bond donors (Lipinski definition) is 1. The molecule has 0 aromatic heterocycles. The van der Waals surface area contributed by atoms with E-state index < -0.39 is 17.5 Å². The molecule has 0 atom stereocenters. The fourth-order valence-electron chi connectivity index (χ4n) is 2.87.